The van der Waals surface area contributed by atoms with Gasteiger partial charge in [-0.05, 0) is 37.1 Å². The largest absolute Gasteiger partial charge is 0.314 e. The lowest BCUT2D eigenvalue weighted by Gasteiger charge is -2.26. The first-order chi connectivity index (χ1) is 10.2. The van der Waals surface area contributed by atoms with Crippen molar-refractivity contribution < 1.29 is 0 Å². The van der Waals surface area contributed by atoms with Gasteiger partial charge in [-0.2, -0.15) is 0 Å². The molecule has 0 bridgehead atoms. The van der Waals surface area contributed by atoms with E-state index in [2.05, 4.69) is 58.8 Å². The van der Waals surface area contributed by atoms with Crippen LogP contribution in [0, 0.1) is 13.8 Å². The maximum absolute atomic E-state index is 4.31. The third-order valence-electron chi connectivity index (χ3n) is 3.91. The Morgan fingerprint density at radius 2 is 1.81 bits per heavy atom. The number of hydrogen-bond acceptors (Lipinski definition) is 4. The molecule has 112 valence electrons. The van der Waals surface area contributed by atoms with E-state index >= 15 is 0 Å². The molecule has 0 amide bonds. The van der Waals surface area contributed by atoms with Crippen molar-refractivity contribution in [2.45, 2.75) is 20.3 Å². The summed E-state index contributed by atoms with van der Waals surface area (Å²) in [5.41, 5.74) is 4.66. The zero-order chi connectivity index (χ0) is 14.7. The van der Waals surface area contributed by atoms with Crippen LogP contribution in [0.25, 0.3) is 5.69 Å². The van der Waals surface area contributed by atoms with Crippen molar-refractivity contribution in [3.63, 3.8) is 0 Å². The van der Waals surface area contributed by atoms with Crippen LogP contribution in [0.15, 0.2) is 24.4 Å². The normalized spacial score (nSPS) is 16.3. The van der Waals surface area contributed by atoms with Gasteiger partial charge in [0, 0.05) is 39.1 Å². The van der Waals surface area contributed by atoms with E-state index in [-0.39, 0.29) is 0 Å². The number of hydrogen-bond donors (Lipinski definition) is 1. The molecule has 5 heteroatoms. The van der Waals surface area contributed by atoms with E-state index in [1.165, 1.54) is 11.1 Å². The summed E-state index contributed by atoms with van der Waals surface area (Å²) in [4.78, 5) is 2.48. The van der Waals surface area contributed by atoms with Crippen molar-refractivity contribution in [2.75, 3.05) is 32.7 Å². The van der Waals surface area contributed by atoms with Gasteiger partial charge in [-0.25, -0.2) is 4.68 Å². The van der Waals surface area contributed by atoms with Crippen LogP contribution in [-0.4, -0.2) is 52.6 Å². The summed E-state index contributed by atoms with van der Waals surface area (Å²) in [6.07, 6.45) is 3.02. The molecule has 1 saturated heterocycles. The Bertz CT molecular complexity index is 578. The monoisotopic (exact) mass is 285 g/mol. The molecule has 3 rings (SSSR count). The molecular formula is C16H23N5. The summed E-state index contributed by atoms with van der Waals surface area (Å²) >= 11 is 0. The number of nitrogens with zero attached hydrogens (tertiary/aromatic N) is 4. The molecule has 0 saturated carbocycles. The van der Waals surface area contributed by atoms with E-state index in [1.54, 1.807) is 0 Å². The van der Waals surface area contributed by atoms with Crippen molar-refractivity contribution in [1.82, 2.24) is 25.2 Å². The molecular weight excluding hydrogens is 262 g/mol. The number of aryl methyl sites for hydroxylation is 2. The minimum Gasteiger partial charge on any atom is -0.314 e. The van der Waals surface area contributed by atoms with Crippen molar-refractivity contribution >= 4 is 0 Å². The Labute approximate surface area is 126 Å². The predicted molar refractivity (Wildman–Crippen MR) is 83.8 cm³/mol. The molecule has 0 aliphatic carbocycles. The number of aromatic nitrogens is 3. The SMILES string of the molecule is Cc1cc(C)cc(-n2cc(CCN3CCNCC3)nn2)c1. The predicted octanol–water partition coefficient (Wildman–Crippen LogP) is 1.33. The highest BCUT2D eigenvalue weighted by Crippen LogP contribution is 2.13. The molecule has 0 atom stereocenters. The van der Waals surface area contributed by atoms with Crippen LogP contribution in [0.5, 0.6) is 0 Å². The molecule has 21 heavy (non-hydrogen) atoms. The molecule has 0 unspecified atom stereocenters. The van der Waals surface area contributed by atoms with Gasteiger partial charge in [-0.3, -0.25) is 0 Å². The average molecular weight is 285 g/mol. The van der Waals surface area contributed by atoms with E-state index in [0.29, 0.717) is 0 Å². The summed E-state index contributed by atoms with van der Waals surface area (Å²) in [6.45, 7) is 9.73. The summed E-state index contributed by atoms with van der Waals surface area (Å²) in [7, 11) is 0. The molecule has 5 nitrogen and oxygen atoms in total. The Morgan fingerprint density at radius 3 is 2.52 bits per heavy atom. The second-order valence-electron chi connectivity index (χ2n) is 5.84. The van der Waals surface area contributed by atoms with Crippen molar-refractivity contribution in [3.8, 4) is 5.69 Å². The summed E-state index contributed by atoms with van der Waals surface area (Å²) in [5, 5.41) is 12.0. The van der Waals surface area contributed by atoms with Crippen molar-refractivity contribution in [1.29, 1.82) is 0 Å². The first-order valence-corrected chi connectivity index (χ1v) is 7.64. The Morgan fingerprint density at radius 1 is 1.10 bits per heavy atom. The van der Waals surface area contributed by atoms with Crippen LogP contribution >= 0.6 is 0 Å². The highest BCUT2D eigenvalue weighted by molar-refractivity contribution is 5.38. The number of nitrogens with one attached hydrogen (secondary N) is 1. The van der Waals surface area contributed by atoms with Crippen LogP contribution in [0.2, 0.25) is 0 Å². The summed E-state index contributed by atoms with van der Waals surface area (Å²) in [5.74, 6) is 0. The lowest BCUT2D eigenvalue weighted by Crippen LogP contribution is -2.44. The van der Waals surface area contributed by atoms with Gasteiger partial charge < -0.3 is 10.2 Å². The third-order valence-corrected chi connectivity index (χ3v) is 3.91. The van der Waals surface area contributed by atoms with Crippen molar-refractivity contribution in [3.05, 3.63) is 41.2 Å². The van der Waals surface area contributed by atoms with Gasteiger partial charge >= 0.3 is 0 Å². The van der Waals surface area contributed by atoms with Crippen LogP contribution in [0.4, 0.5) is 0 Å². The molecule has 1 fully saturated rings. The fraction of sp³-hybridized carbons (Fsp3) is 0.500. The standard InChI is InChI=1S/C16H23N5/c1-13-9-14(2)11-16(10-13)21-12-15(18-19-21)3-6-20-7-4-17-5-8-20/h9-12,17H,3-8H2,1-2H3. The van der Waals surface area contributed by atoms with Gasteiger partial charge in [-0.1, -0.05) is 11.3 Å². The van der Waals surface area contributed by atoms with E-state index < -0.39 is 0 Å². The summed E-state index contributed by atoms with van der Waals surface area (Å²) in [6, 6.07) is 6.45. The Balaban J connectivity index is 1.65. The molecule has 2 aromatic rings. The molecule has 1 aromatic heterocycles. The highest BCUT2D eigenvalue weighted by atomic mass is 15.4. The lowest BCUT2D eigenvalue weighted by atomic mass is 10.1. The van der Waals surface area contributed by atoms with E-state index in [1.807, 2.05) is 4.68 Å². The molecule has 0 radical (unpaired) electrons. The van der Waals surface area contributed by atoms with Gasteiger partial charge in [0.25, 0.3) is 0 Å². The van der Waals surface area contributed by atoms with Gasteiger partial charge in [0.2, 0.25) is 0 Å². The van der Waals surface area contributed by atoms with E-state index in [0.717, 1.165) is 50.5 Å². The van der Waals surface area contributed by atoms with Gasteiger partial charge in [0.15, 0.2) is 0 Å². The van der Waals surface area contributed by atoms with Gasteiger partial charge in [0.1, 0.15) is 0 Å². The average Bonchev–Trinajstić information content (AvgIpc) is 2.94. The quantitative estimate of drug-likeness (QED) is 0.920. The first-order valence-electron chi connectivity index (χ1n) is 7.64. The molecule has 0 spiro atoms. The summed E-state index contributed by atoms with van der Waals surface area (Å²) < 4.78 is 1.88. The highest BCUT2D eigenvalue weighted by Gasteiger charge is 2.10. The smallest absolute Gasteiger partial charge is 0.0844 e. The lowest BCUT2D eigenvalue weighted by molar-refractivity contribution is 0.243. The number of rotatable bonds is 4. The van der Waals surface area contributed by atoms with Crippen LogP contribution in [0.1, 0.15) is 16.8 Å². The minimum atomic E-state index is 0.963. The third kappa shape index (κ3) is 3.68. The molecule has 1 aliphatic rings. The van der Waals surface area contributed by atoms with Crippen LogP contribution in [-0.2, 0) is 6.42 Å². The van der Waals surface area contributed by atoms with Crippen LogP contribution < -0.4 is 5.32 Å². The Hall–Kier alpha value is -1.72. The topological polar surface area (TPSA) is 46.0 Å². The number of benzene rings is 1. The second kappa shape index (κ2) is 6.37. The zero-order valence-electron chi connectivity index (χ0n) is 12.8. The first kappa shape index (κ1) is 14.2. The molecule has 2 heterocycles. The second-order valence-corrected chi connectivity index (χ2v) is 5.84. The maximum atomic E-state index is 4.31. The molecule has 1 aliphatic heterocycles. The molecule has 1 N–H and O–H groups in total. The van der Waals surface area contributed by atoms with Crippen molar-refractivity contribution in [2.24, 2.45) is 0 Å². The molecule has 1 aromatic carbocycles. The Kier molecular flexibility index (Phi) is 4.31. The van der Waals surface area contributed by atoms with Crippen LogP contribution in [0.3, 0.4) is 0 Å². The zero-order valence-corrected chi connectivity index (χ0v) is 12.8. The fourth-order valence-corrected chi connectivity index (χ4v) is 2.83. The fourth-order valence-electron chi connectivity index (χ4n) is 2.83. The van der Waals surface area contributed by atoms with E-state index in [9.17, 15) is 0 Å². The number of piperazine rings is 1. The van der Waals surface area contributed by atoms with Gasteiger partial charge in [-0.15, -0.1) is 5.10 Å². The minimum absolute atomic E-state index is 0.963. The van der Waals surface area contributed by atoms with E-state index in [4.69, 9.17) is 0 Å². The van der Waals surface area contributed by atoms with Gasteiger partial charge in [0.05, 0.1) is 17.6 Å². The maximum Gasteiger partial charge on any atom is 0.0844 e.